The van der Waals surface area contributed by atoms with Gasteiger partial charge in [-0.3, -0.25) is 4.99 Å². The minimum Gasteiger partial charge on any atom is -0.494 e. The highest BCUT2D eigenvalue weighted by molar-refractivity contribution is 14.0. The number of sulfonamides is 1. The SMILES string of the molecule is CCOc1ccccc1CNC(=NC)NCc1ccc(S(=O)(=O)N2CCCCC2)cc1.I. The number of nitrogens with one attached hydrogen (secondary N) is 2. The number of piperidine rings is 1. The molecule has 0 bridgehead atoms. The molecule has 1 saturated heterocycles. The first kappa shape index (κ1) is 26.4. The Labute approximate surface area is 208 Å². The monoisotopic (exact) mass is 572 g/mol. The van der Waals surface area contributed by atoms with Crippen LogP contribution in [0.4, 0.5) is 0 Å². The summed E-state index contributed by atoms with van der Waals surface area (Å²) in [6.07, 6.45) is 2.97. The predicted molar refractivity (Wildman–Crippen MR) is 139 cm³/mol. The van der Waals surface area contributed by atoms with Crippen molar-refractivity contribution in [3.8, 4) is 5.75 Å². The van der Waals surface area contributed by atoms with Crippen molar-refractivity contribution in [2.24, 2.45) is 4.99 Å². The van der Waals surface area contributed by atoms with Crippen molar-refractivity contribution in [2.45, 2.75) is 44.2 Å². The molecule has 2 N–H and O–H groups in total. The molecule has 2 aromatic rings. The van der Waals surface area contributed by atoms with Crippen LogP contribution in [0.2, 0.25) is 0 Å². The first-order valence-electron chi connectivity index (χ1n) is 10.8. The zero-order chi connectivity index (χ0) is 22.1. The number of aliphatic imine (C=N–C) groups is 1. The van der Waals surface area contributed by atoms with Crippen LogP contribution in [0.15, 0.2) is 58.4 Å². The molecule has 1 aliphatic heterocycles. The Kier molecular flexibility index (Phi) is 10.7. The molecule has 2 aromatic carbocycles. The van der Waals surface area contributed by atoms with E-state index >= 15 is 0 Å². The maximum Gasteiger partial charge on any atom is 0.243 e. The molecule has 3 rings (SSSR count). The van der Waals surface area contributed by atoms with Crippen LogP contribution < -0.4 is 15.4 Å². The van der Waals surface area contributed by atoms with Crippen molar-refractivity contribution in [1.29, 1.82) is 0 Å². The smallest absolute Gasteiger partial charge is 0.243 e. The Morgan fingerprint density at radius 3 is 2.31 bits per heavy atom. The van der Waals surface area contributed by atoms with E-state index in [2.05, 4.69) is 15.6 Å². The van der Waals surface area contributed by atoms with E-state index in [4.69, 9.17) is 4.74 Å². The zero-order valence-electron chi connectivity index (χ0n) is 18.7. The van der Waals surface area contributed by atoms with E-state index in [1.165, 1.54) is 0 Å². The zero-order valence-corrected chi connectivity index (χ0v) is 21.9. The van der Waals surface area contributed by atoms with Crippen LogP contribution in [0.25, 0.3) is 0 Å². The van der Waals surface area contributed by atoms with Gasteiger partial charge < -0.3 is 15.4 Å². The molecule has 1 fully saturated rings. The Bertz CT molecular complexity index is 975. The number of hydrogen-bond donors (Lipinski definition) is 2. The lowest BCUT2D eigenvalue weighted by Crippen LogP contribution is -2.36. The second-order valence-corrected chi connectivity index (χ2v) is 9.37. The lowest BCUT2D eigenvalue weighted by atomic mass is 10.2. The van der Waals surface area contributed by atoms with Crippen LogP contribution >= 0.6 is 24.0 Å². The Hall–Kier alpha value is -1.85. The summed E-state index contributed by atoms with van der Waals surface area (Å²) in [5.41, 5.74) is 2.04. The van der Waals surface area contributed by atoms with Gasteiger partial charge in [-0.1, -0.05) is 36.8 Å². The van der Waals surface area contributed by atoms with E-state index in [9.17, 15) is 8.42 Å². The molecule has 176 valence electrons. The van der Waals surface area contributed by atoms with Gasteiger partial charge in [0.2, 0.25) is 10.0 Å². The van der Waals surface area contributed by atoms with Crippen molar-refractivity contribution < 1.29 is 13.2 Å². The third-order valence-corrected chi connectivity index (χ3v) is 7.19. The fourth-order valence-electron chi connectivity index (χ4n) is 3.57. The quantitative estimate of drug-likeness (QED) is 0.286. The summed E-state index contributed by atoms with van der Waals surface area (Å²) in [6, 6.07) is 15.0. The summed E-state index contributed by atoms with van der Waals surface area (Å²) < 4.78 is 32.8. The molecule has 0 atom stereocenters. The minimum absolute atomic E-state index is 0. The fraction of sp³-hybridized carbons (Fsp3) is 0.435. The summed E-state index contributed by atoms with van der Waals surface area (Å²) in [5.74, 6) is 1.52. The number of para-hydroxylation sites is 1. The molecule has 32 heavy (non-hydrogen) atoms. The van der Waals surface area contributed by atoms with Gasteiger partial charge >= 0.3 is 0 Å². The minimum atomic E-state index is -3.40. The first-order valence-corrected chi connectivity index (χ1v) is 12.2. The van der Waals surface area contributed by atoms with E-state index < -0.39 is 10.0 Å². The average molecular weight is 573 g/mol. The highest BCUT2D eigenvalue weighted by Gasteiger charge is 2.25. The van der Waals surface area contributed by atoms with Crippen LogP contribution in [-0.2, 0) is 23.1 Å². The highest BCUT2D eigenvalue weighted by atomic mass is 127. The fourth-order valence-corrected chi connectivity index (χ4v) is 5.08. The Morgan fingerprint density at radius 1 is 1.00 bits per heavy atom. The molecular formula is C23H33IN4O3S. The summed E-state index contributed by atoms with van der Waals surface area (Å²) in [4.78, 5) is 4.62. The van der Waals surface area contributed by atoms with E-state index in [1.807, 2.05) is 43.3 Å². The van der Waals surface area contributed by atoms with Crippen molar-refractivity contribution in [3.05, 3.63) is 59.7 Å². The van der Waals surface area contributed by atoms with E-state index in [1.54, 1.807) is 23.5 Å². The molecule has 1 heterocycles. The van der Waals surface area contributed by atoms with Gasteiger partial charge in [0.05, 0.1) is 11.5 Å². The lowest BCUT2D eigenvalue weighted by Gasteiger charge is -2.25. The summed E-state index contributed by atoms with van der Waals surface area (Å²) in [5, 5.41) is 6.56. The predicted octanol–water partition coefficient (Wildman–Crippen LogP) is 3.74. The standard InChI is InChI=1S/C23H32N4O3S.HI/c1-3-30-22-10-6-5-9-20(22)18-26-23(24-2)25-17-19-11-13-21(14-12-19)31(28,29)27-15-7-4-8-16-27;/h5-6,9-14H,3-4,7-8,15-18H2,1-2H3,(H2,24,25,26);1H. The third kappa shape index (κ3) is 7.08. The number of ether oxygens (including phenoxy) is 1. The topological polar surface area (TPSA) is 83.0 Å². The Balaban J connectivity index is 0.00000363. The first-order chi connectivity index (χ1) is 15.0. The molecule has 9 heteroatoms. The number of benzene rings is 2. The summed E-state index contributed by atoms with van der Waals surface area (Å²) in [7, 11) is -1.68. The van der Waals surface area contributed by atoms with Crippen molar-refractivity contribution >= 4 is 40.0 Å². The van der Waals surface area contributed by atoms with Crippen LogP contribution in [-0.4, -0.2) is 45.4 Å². The molecule has 0 unspecified atom stereocenters. The maximum atomic E-state index is 12.8. The molecule has 0 amide bonds. The van der Waals surface area contributed by atoms with Gasteiger partial charge in [-0.15, -0.1) is 24.0 Å². The van der Waals surface area contributed by atoms with Gasteiger partial charge in [0.15, 0.2) is 5.96 Å². The average Bonchev–Trinajstić information content (AvgIpc) is 2.81. The van der Waals surface area contributed by atoms with E-state index in [-0.39, 0.29) is 24.0 Å². The summed E-state index contributed by atoms with van der Waals surface area (Å²) >= 11 is 0. The molecule has 0 saturated carbocycles. The number of guanidine groups is 1. The van der Waals surface area contributed by atoms with Crippen LogP contribution in [0.1, 0.15) is 37.3 Å². The molecule has 0 spiro atoms. The number of rotatable bonds is 8. The van der Waals surface area contributed by atoms with Gasteiger partial charge in [0.1, 0.15) is 5.75 Å². The highest BCUT2D eigenvalue weighted by Crippen LogP contribution is 2.21. The normalized spacial score (nSPS) is 15.0. The van der Waals surface area contributed by atoms with E-state index in [0.29, 0.717) is 43.6 Å². The van der Waals surface area contributed by atoms with E-state index in [0.717, 1.165) is 36.1 Å². The number of nitrogens with zero attached hydrogens (tertiary/aromatic N) is 2. The lowest BCUT2D eigenvalue weighted by molar-refractivity contribution is 0.336. The van der Waals surface area contributed by atoms with Gasteiger partial charge in [-0.05, 0) is 43.5 Å². The Morgan fingerprint density at radius 2 is 1.66 bits per heavy atom. The molecular weight excluding hydrogens is 539 g/mol. The molecule has 0 aromatic heterocycles. The van der Waals surface area contributed by atoms with Crippen molar-refractivity contribution in [1.82, 2.24) is 14.9 Å². The number of hydrogen-bond acceptors (Lipinski definition) is 4. The molecule has 1 aliphatic rings. The molecule has 0 aliphatic carbocycles. The molecule has 0 radical (unpaired) electrons. The van der Waals surface area contributed by atoms with Crippen molar-refractivity contribution in [3.63, 3.8) is 0 Å². The van der Waals surface area contributed by atoms with Gasteiger partial charge in [0.25, 0.3) is 0 Å². The molecule has 7 nitrogen and oxygen atoms in total. The van der Waals surface area contributed by atoms with Gasteiger partial charge in [-0.2, -0.15) is 4.31 Å². The second kappa shape index (κ2) is 13.0. The second-order valence-electron chi connectivity index (χ2n) is 7.43. The van der Waals surface area contributed by atoms with Crippen LogP contribution in [0.5, 0.6) is 5.75 Å². The van der Waals surface area contributed by atoms with Gasteiger partial charge in [0, 0.05) is 38.8 Å². The maximum absolute atomic E-state index is 12.8. The summed E-state index contributed by atoms with van der Waals surface area (Å²) in [6.45, 7) is 4.93. The van der Waals surface area contributed by atoms with Crippen LogP contribution in [0.3, 0.4) is 0 Å². The van der Waals surface area contributed by atoms with Gasteiger partial charge in [-0.25, -0.2) is 8.42 Å². The largest absolute Gasteiger partial charge is 0.494 e. The third-order valence-electron chi connectivity index (χ3n) is 5.28. The van der Waals surface area contributed by atoms with Crippen LogP contribution in [0, 0.1) is 0 Å². The number of halogens is 1. The van der Waals surface area contributed by atoms with Crippen molar-refractivity contribution in [2.75, 3.05) is 26.7 Å².